The normalized spacial score (nSPS) is 20.1. The number of piperidine rings is 1. The van der Waals surface area contributed by atoms with Gasteiger partial charge >= 0.3 is 0 Å². The number of nitrogens with zero attached hydrogens (tertiary/aromatic N) is 1. The van der Waals surface area contributed by atoms with Crippen LogP contribution in [-0.2, 0) is 28.7 Å². The summed E-state index contributed by atoms with van der Waals surface area (Å²) < 4.78 is 10.7. The van der Waals surface area contributed by atoms with E-state index in [4.69, 9.17) is 15.2 Å². The van der Waals surface area contributed by atoms with Crippen LogP contribution in [0.1, 0.15) is 19.8 Å². The Labute approximate surface area is 175 Å². The highest BCUT2D eigenvalue weighted by atomic mass is 16.5. The molecule has 1 atom stereocenters. The first-order chi connectivity index (χ1) is 14.5. The molecule has 30 heavy (non-hydrogen) atoms. The summed E-state index contributed by atoms with van der Waals surface area (Å²) in [5, 5.41) is 5.26. The molecule has 2 aliphatic heterocycles. The Bertz CT molecular complexity index is 773. The molecule has 2 rings (SSSR count). The number of carbonyl (C=O) groups is 4. The Morgan fingerprint density at radius 3 is 2.50 bits per heavy atom. The summed E-state index contributed by atoms with van der Waals surface area (Å²) in [5.74, 6) is -2.27. The Morgan fingerprint density at radius 1 is 1.20 bits per heavy atom. The maximum Gasteiger partial charge on any atom is 0.264 e. The Kier molecular flexibility index (Phi) is 8.90. The van der Waals surface area contributed by atoms with Gasteiger partial charge in [0.25, 0.3) is 11.8 Å². The van der Waals surface area contributed by atoms with Crippen molar-refractivity contribution in [1.29, 1.82) is 0 Å². The second-order valence-electron chi connectivity index (χ2n) is 6.58. The average molecular weight is 420 g/mol. The Hall–Kier alpha value is -2.82. The molecule has 4 amide bonds. The zero-order valence-corrected chi connectivity index (χ0v) is 17.1. The maximum atomic E-state index is 13.0. The predicted octanol–water partition coefficient (Wildman–Crippen LogP) is -0.872. The summed E-state index contributed by atoms with van der Waals surface area (Å²) in [5.41, 5.74) is 6.03. The van der Waals surface area contributed by atoms with Gasteiger partial charge < -0.3 is 20.5 Å². The van der Waals surface area contributed by atoms with Crippen molar-refractivity contribution in [2.45, 2.75) is 25.8 Å². The SMILES string of the molecule is C=CC1=C(/C(=C\C)NCCOCCOCCN)C(=O)N(C2CCC(=O)NC2=O)C1=O. The highest BCUT2D eigenvalue weighted by Crippen LogP contribution is 2.30. The van der Waals surface area contributed by atoms with Gasteiger partial charge in [0.15, 0.2) is 0 Å². The fourth-order valence-corrected chi connectivity index (χ4v) is 3.22. The molecule has 0 aromatic rings. The van der Waals surface area contributed by atoms with Crippen LogP contribution < -0.4 is 16.4 Å². The van der Waals surface area contributed by atoms with Gasteiger partial charge in [-0.2, -0.15) is 0 Å². The minimum absolute atomic E-state index is 0.0628. The van der Waals surface area contributed by atoms with Crippen molar-refractivity contribution in [2.24, 2.45) is 5.73 Å². The van der Waals surface area contributed by atoms with Gasteiger partial charge in [-0.05, 0) is 13.3 Å². The van der Waals surface area contributed by atoms with Gasteiger partial charge in [0, 0.05) is 25.2 Å². The van der Waals surface area contributed by atoms with E-state index in [1.54, 1.807) is 13.0 Å². The van der Waals surface area contributed by atoms with Crippen molar-refractivity contribution >= 4 is 23.6 Å². The van der Waals surface area contributed by atoms with E-state index in [9.17, 15) is 19.2 Å². The molecule has 2 heterocycles. The number of hydrogen-bond donors (Lipinski definition) is 3. The lowest BCUT2D eigenvalue weighted by atomic mass is 10.0. The van der Waals surface area contributed by atoms with Crippen LogP contribution in [0.15, 0.2) is 35.6 Å². The van der Waals surface area contributed by atoms with Crippen molar-refractivity contribution in [1.82, 2.24) is 15.5 Å². The molecule has 0 bridgehead atoms. The van der Waals surface area contributed by atoms with Crippen molar-refractivity contribution < 1.29 is 28.7 Å². The fourth-order valence-electron chi connectivity index (χ4n) is 3.22. The summed E-state index contributed by atoms with van der Waals surface area (Å²) in [7, 11) is 0. The van der Waals surface area contributed by atoms with E-state index in [0.29, 0.717) is 45.2 Å². The molecular weight excluding hydrogens is 392 g/mol. The van der Waals surface area contributed by atoms with Gasteiger partial charge in [-0.3, -0.25) is 29.4 Å². The number of amides is 4. The van der Waals surface area contributed by atoms with E-state index in [-0.39, 0.29) is 24.0 Å². The standard InChI is InChI=1S/C20H28N4O6/c1-3-13-17(14(4-2)22-8-10-30-12-11-29-9-7-21)20(28)24(19(13)27)15-5-6-16(25)23-18(15)26/h3-4,15,22H,1,5-12,21H2,2H3,(H,23,25,26)/b14-4+. The van der Waals surface area contributed by atoms with Crippen molar-refractivity contribution in [3.8, 4) is 0 Å². The lowest BCUT2D eigenvalue weighted by molar-refractivity contribution is -0.149. The van der Waals surface area contributed by atoms with Gasteiger partial charge in [-0.1, -0.05) is 18.7 Å². The van der Waals surface area contributed by atoms with Gasteiger partial charge in [-0.25, -0.2) is 0 Å². The summed E-state index contributed by atoms with van der Waals surface area (Å²) in [6.07, 6.45) is 3.13. The van der Waals surface area contributed by atoms with E-state index < -0.39 is 29.7 Å². The minimum atomic E-state index is -1.02. The number of allylic oxidation sites excluding steroid dienone is 1. The highest BCUT2D eigenvalue weighted by Gasteiger charge is 2.46. The van der Waals surface area contributed by atoms with Crippen molar-refractivity contribution in [2.75, 3.05) is 39.5 Å². The monoisotopic (exact) mass is 420 g/mol. The van der Waals surface area contributed by atoms with Crippen molar-refractivity contribution in [3.63, 3.8) is 0 Å². The van der Waals surface area contributed by atoms with Crippen LogP contribution in [-0.4, -0.2) is 74.1 Å². The van der Waals surface area contributed by atoms with E-state index in [1.807, 2.05) is 0 Å². The van der Waals surface area contributed by atoms with Crippen LogP contribution in [0.3, 0.4) is 0 Å². The van der Waals surface area contributed by atoms with Crippen LogP contribution >= 0.6 is 0 Å². The predicted molar refractivity (Wildman–Crippen MR) is 108 cm³/mol. The lowest BCUT2D eigenvalue weighted by Gasteiger charge is -2.28. The minimum Gasteiger partial charge on any atom is -0.382 e. The third-order valence-electron chi connectivity index (χ3n) is 4.63. The number of imide groups is 2. The van der Waals surface area contributed by atoms with Crippen LogP contribution in [0.5, 0.6) is 0 Å². The maximum absolute atomic E-state index is 13.0. The summed E-state index contributed by atoms with van der Waals surface area (Å²) in [4.78, 5) is 50.3. The topological polar surface area (TPSA) is 140 Å². The van der Waals surface area contributed by atoms with Gasteiger partial charge in [0.1, 0.15) is 6.04 Å². The van der Waals surface area contributed by atoms with Crippen LogP contribution in [0, 0.1) is 0 Å². The molecule has 1 fully saturated rings. The smallest absolute Gasteiger partial charge is 0.264 e. The molecule has 10 heteroatoms. The zero-order chi connectivity index (χ0) is 22.1. The number of rotatable bonds is 12. The number of ether oxygens (including phenoxy) is 2. The second kappa shape index (κ2) is 11.4. The molecule has 4 N–H and O–H groups in total. The number of nitrogens with one attached hydrogen (secondary N) is 2. The number of hydrogen-bond acceptors (Lipinski definition) is 8. The molecule has 0 aromatic carbocycles. The molecular formula is C20H28N4O6. The van der Waals surface area contributed by atoms with Gasteiger partial charge in [-0.15, -0.1) is 0 Å². The van der Waals surface area contributed by atoms with Crippen LogP contribution in [0.4, 0.5) is 0 Å². The highest BCUT2D eigenvalue weighted by molar-refractivity contribution is 6.24. The van der Waals surface area contributed by atoms with Crippen LogP contribution in [0.2, 0.25) is 0 Å². The molecule has 1 saturated heterocycles. The molecule has 1 unspecified atom stereocenters. The molecule has 0 aromatic heterocycles. The van der Waals surface area contributed by atoms with Gasteiger partial charge in [0.2, 0.25) is 11.8 Å². The van der Waals surface area contributed by atoms with E-state index in [0.717, 1.165) is 4.90 Å². The molecule has 2 aliphatic rings. The second-order valence-corrected chi connectivity index (χ2v) is 6.58. The quantitative estimate of drug-likeness (QED) is 0.273. The first-order valence-electron chi connectivity index (χ1n) is 9.80. The number of nitrogens with two attached hydrogens (primary N) is 1. The van der Waals surface area contributed by atoms with Crippen LogP contribution in [0.25, 0.3) is 0 Å². The zero-order valence-electron chi connectivity index (χ0n) is 17.1. The molecule has 0 saturated carbocycles. The Balaban J connectivity index is 2.01. The van der Waals surface area contributed by atoms with E-state index in [1.165, 1.54) is 6.08 Å². The molecule has 164 valence electrons. The molecule has 0 radical (unpaired) electrons. The molecule has 0 aliphatic carbocycles. The third kappa shape index (κ3) is 5.41. The third-order valence-corrected chi connectivity index (χ3v) is 4.63. The lowest BCUT2D eigenvalue weighted by Crippen LogP contribution is -2.54. The summed E-state index contributed by atoms with van der Waals surface area (Å²) in [6, 6.07) is -1.02. The first kappa shape index (κ1) is 23.5. The Morgan fingerprint density at radius 2 is 1.90 bits per heavy atom. The van der Waals surface area contributed by atoms with E-state index in [2.05, 4.69) is 17.2 Å². The van der Waals surface area contributed by atoms with E-state index >= 15 is 0 Å². The average Bonchev–Trinajstić information content (AvgIpc) is 2.97. The largest absolute Gasteiger partial charge is 0.382 e. The fraction of sp³-hybridized carbons (Fsp3) is 0.500. The summed E-state index contributed by atoms with van der Waals surface area (Å²) in [6.45, 7) is 7.89. The molecule has 10 nitrogen and oxygen atoms in total. The molecule has 0 spiro atoms. The van der Waals surface area contributed by atoms with Gasteiger partial charge in [0.05, 0.1) is 37.6 Å². The first-order valence-corrected chi connectivity index (χ1v) is 9.80. The summed E-state index contributed by atoms with van der Waals surface area (Å²) >= 11 is 0. The van der Waals surface area contributed by atoms with Crippen molar-refractivity contribution in [3.05, 3.63) is 35.6 Å². The number of carbonyl (C=O) groups excluding carboxylic acids is 4.